The van der Waals surface area contributed by atoms with Gasteiger partial charge in [-0.15, -0.1) is 11.6 Å². The largest absolute Gasteiger partial charge is 0.352 e. The fraction of sp³-hybridized carbons (Fsp3) is 0.917. The first-order valence-corrected chi connectivity index (χ1v) is 6.46. The summed E-state index contributed by atoms with van der Waals surface area (Å²) in [4.78, 5) is 11.5. The van der Waals surface area contributed by atoms with Crippen LogP contribution in [0.3, 0.4) is 0 Å². The summed E-state index contributed by atoms with van der Waals surface area (Å²) in [7, 11) is 0. The first-order chi connectivity index (χ1) is 7.08. The van der Waals surface area contributed by atoms with E-state index in [0.29, 0.717) is 12.0 Å². The van der Waals surface area contributed by atoms with Gasteiger partial charge in [0.05, 0.1) is 0 Å². The number of rotatable bonds is 3. The molecule has 2 aliphatic carbocycles. The molecule has 0 aromatic rings. The van der Waals surface area contributed by atoms with Crippen molar-refractivity contribution >= 4 is 17.5 Å². The summed E-state index contributed by atoms with van der Waals surface area (Å²) in [6.45, 7) is 3.85. The lowest BCUT2D eigenvalue weighted by molar-refractivity contribution is -0.121. The van der Waals surface area contributed by atoms with Crippen LogP contribution in [0.25, 0.3) is 0 Å². The molecule has 2 fully saturated rings. The van der Waals surface area contributed by atoms with E-state index in [-0.39, 0.29) is 5.91 Å². The molecule has 15 heavy (non-hydrogen) atoms. The van der Waals surface area contributed by atoms with Gasteiger partial charge in [0.1, 0.15) is 5.38 Å². The Kier molecular flexibility index (Phi) is 3.24. The second kappa shape index (κ2) is 4.32. The van der Waals surface area contributed by atoms with E-state index in [1.807, 2.05) is 0 Å². The molecular formula is C12H20ClNO. The minimum absolute atomic E-state index is 0.0214. The second-order valence-corrected chi connectivity index (χ2v) is 5.91. The number of hydrogen-bond donors (Lipinski definition) is 1. The predicted octanol–water partition coefficient (Wildman–Crippen LogP) is 2.55. The van der Waals surface area contributed by atoms with Crippen molar-refractivity contribution in [3.63, 3.8) is 0 Å². The number of hydrogen-bond acceptors (Lipinski definition) is 1. The first kappa shape index (κ1) is 11.3. The summed E-state index contributed by atoms with van der Waals surface area (Å²) in [5.41, 5.74) is 0. The van der Waals surface area contributed by atoms with Crippen LogP contribution in [0.5, 0.6) is 0 Å². The smallest absolute Gasteiger partial charge is 0.237 e. The number of halogens is 1. The van der Waals surface area contributed by atoms with Crippen molar-refractivity contribution in [1.82, 2.24) is 5.32 Å². The zero-order valence-corrected chi connectivity index (χ0v) is 10.3. The molecule has 3 heteroatoms. The van der Waals surface area contributed by atoms with E-state index >= 15 is 0 Å². The van der Waals surface area contributed by atoms with Gasteiger partial charge in [0, 0.05) is 6.04 Å². The van der Waals surface area contributed by atoms with Crippen LogP contribution in [-0.4, -0.2) is 17.3 Å². The van der Waals surface area contributed by atoms with Crippen LogP contribution in [-0.2, 0) is 4.79 Å². The Bertz CT molecular complexity index is 254. The van der Waals surface area contributed by atoms with Gasteiger partial charge in [-0.25, -0.2) is 0 Å². The van der Waals surface area contributed by atoms with E-state index in [9.17, 15) is 4.79 Å². The minimum atomic E-state index is -0.411. The number of carbonyl (C=O) groups is 1. The van der Waals surface area contributed by atoms with E-state index in [1.165, 1.54) is 25.7 Å². The van der Waals surface area contributed by atoms with Gasteiger partial charge in [0.25, 0.3) is 0 Å². The molecule has 0 aliphatic heterocycles. The van der Waals surface area contributed by atoms with Gasteiger partial charge in [-0.3, -0.25) is 4.79 Å². The van der Waals surface area contributed by atoms with Crippen LogP contribution in [0.4, 0.5) is 0 Å². The second-order valence-electron chi connectivity index (χ2n) is 5.25. The van der Waals surface area contributed by atoms with Gasteiger partial charge in [-0.1, -0.05) is 6.42 Å². The summed E-state index contributed by atoms with van der Waals surface area (Å²) in [6.07, 6.45) is 5.48. The molecule has 0 radical (unpaired) electrons. The molecule has 0 spiro atoms. The Morgan fingerprint density at radius 3 is 2.53 bits per heavy atom. The summed E-state index contributed by atoms with van der Waals surface area (Å²) in [6, 6.07) is 0.300. The van der Waals surface area contributed by atoms with Gasteiger partial charge in [0.2, 0.25) is 5.91 Å². The summed E-state index contributed by atoms with van der Waals surface area (Å²) < 4.78 is 0. The molecule has 2 saturated carbocycles. The average Bonchev–Trinajstić information content (AvgIpc) is 2.78. The number of amides is 1. The first-order valence-electron chi connectivity index (χ1n) is 6.02. The molecule has 0 heterocycles. The number of alkyl halides is 1. The van der Waals surface area contributed by atoms with Gasteiger partial charge in [-0.2, -0.15) is 0 Å². The van der Waals surface area contributed by atoms with Crippen molar-refractivity contribution in [3.8, 4) is 0 Å². The molecule has 0 aromatic heterocycles. The molecule has 86 valence electrons. The molecule has 0 aromatic carbocycles. The molecule has 2 rings (SSSR count). The fourth-order valence-electron chi connectivity index (χ4n) is 3.35. The lowest BCUT2D eigenvalue weighted by atomic mass is 9.84. The van der Waals surface area contributed by atoms with Gasteiger partial charge in [0.15, 0.2) is 0 Å². The van der Waals surface area contributed by atoms with E-state index in [2.05, 4.69) is 12.2 Å². The maximum atomic E-state index is 11.5. The van der Waals surface area contributed by atoms with Crippen molar-refractivity contribution in [2.24, 2.45) is 17.8 Å². The van der Waals surface area contributed by atoms with E-state index in [1.54, 1.807) is 6.92 Å². The normalized spacial score (nSPS) is 37.7. The van der Waals surface area contributed by atoms with Gasteiger partial charge < -0.3 is 5.32 Å². The van der Waals surface area contributed by atoms with Crippen LogP contribution in [0.15, 0.2) is 0 Å². The molecule has 2 bridgehead atoms. The van der Waals surface area contributed by atoms with E-state index in [0.717, 1.165) is 11.8 Å². The van der Waals surface area contributed by atoms with E-state index < -0.39 is 5.38 Å². The molecule has 5 atom stereocenters. The Morgan fingerprint density at radius 2 is 2.07 bits per heavy atom. The standard InChI is InChI=1S/C12H20ClNO/c1-7(13)12(15)14-8(2)11-6-9-3-4-10(11)5-9/h7-11H,3-6H2,1-2H3,(H,14,15)/t7-,8-,9-,10-,11+/m1/s1. The van der Waals surface area contributed by atoms with E-state index in [4.69, 9.17) is 11.6 Å². The van der Waals surface area contributed by atoms with Crippen LogP contribution >= 0.6 is 11.6 Å². The van der Waals surface area contributed by atoms with Crippen LogP contribution < -0.4 is 5.32 Å². The fourth-order valence-corrected chi connectivity index (χ4v) is 3.42. The minimum Gasteiger partial charge on any atom is -0.352 e. The Balaban J connectivity index is 1.86. The number of nitrogens with one attached hydrogen (secondary N) is 1. The molecule has 1 N–H and O–H groups in total. The topological polar surface area (TPSA) is 29.1 Å². The van der Waals surface area contributed by atoms with Gasteiger partial charge >= 0.3 is 0 Å². The summed E-state index contributed by atoms with van der Waals surface area (Å²) >= 11 is 5.75. The highest BCUT2D eigenvalue weighted by molar-refractivity contribution is 6.30. The SMILES string of the molecule is C[C@@H](Cl)C(=O)N[C@H](C)[C@@H]1C[C@@H]2CC[C@@H]1C2. The van der Waals surface area contributed by atoms with Crippen molar-refractivity contribution in [2.75, 3.05) is 0 Å². The quantitative estimate of drug-likeness (QED) is 0.741. The molecular weight excluding hydrogens is 210 g/mol. The molecule has 2 nitrogen and oxygen atoms in total. The molecule has 0 unspecified atom stereocenters. The average molecular weight is 230 g/mol. The lowest BCUT2D eigenvalue weighted by Gasteiger charge is -2.28. The van der Waals surface area contributed by atoms with Crippen LogP contribution in [0.2, 0.25) is 0 Å². The summed E-state index contributed by atoms with van der Waals surface area (Å²) in [5.74, 6) is 2.47. The molecule has 2 aliphatic rings. The third kappa shape index (κ3) is 2.30. The lowest BCUT2D eigenvalue weighted by Crippen LogP contribution is -2.42. The third-order valence-electron chi connectivity index (χ3n) is 4.17. The Labute approximate surface area is 96.8 Å². The van der Waals surface area contributed by atoms with Gasteiger partial charge in [-0.05, 0) is 50.9 Å². The van der Waals surface area contributed by atoms with Crippen LogP contribution in [0, 0.1) is 17.8 Å². The van der Waals surface area contributed by atoms with Crippen LogP contribution in [0.1, 0.15) is 39.5 Å². The predicted molar refractivity (Wildman–Crippen MR) is 61.9 cm³/mol. The van der Waals surface area contributed by atoms with Crippen molar-refractivity contribution in [3.05, 3.63) is 0 Å². The molecule has 1 amide bonds. The number of carbonyl (C=O) groups excluding carboxylic acids is 1. The van der Waals surface area contributed by atoms with Crippen molar-refractivity contribution in [2.45, 2.75) is 50.9 Å². The van der Waals surface area contributed by atoms with Crippen molar-refractivity contribution < 1.29 is 4.79 Å². The molecule has 0 saturated heterocycles. The maximum Gasteiger partial charge on any atom is 0.237 e. The van der Waals surface area contributed by atoms with Crippen molar-refractivity contribution in [1.29, 1.82) is 0 Å². The monoisotopic (exact) mass is 229 g/mol. The Morgan fingerprint density at radius 1 is 1.33 bits per heavy atom. The highest BCUT2D eigenvalue weighted by atomic mass is 35.5. The summed E-state index contributed by atoms with van der Waals surface area (Å²) in [5, 5.41) is 2.62. The zero-order valence-electron chi connectivity index (χ0n) is 9.50. The third-order valence-corrected chi connectivity index (χ3v) is 4.36. The highest BCUT2D eigenvalue weighted by Crippen LogP contribution is 2.49. The maximum absolute atomic E-state index is 11.5. The highest BCUT2D eigenvalue weighted by Gasteiger charge is 2.42. The zero-order chi connectivity index (χ0) is 11.0. The Hall–Kier alpha value is -0.240. The number of fused-ring (bicyclic) bond motifs is 2.